The minimum atomic E-state index is 0.137. The van der Waals surface area contributed by atoms with E-state index in [1.165, 1.54) is 32.1 Å². The largest absolute Gasteiger partial charge is 0.381 e. The average molecular weight is 281 g/mol. The highest BCUT2D eigenvalue weighted by atomic mass is 16.5. The molecule has 20 heavy (non-hydrogen) atoms. The standard InChI is InChI=1S/C17H31NO2/c1-13-4-3-5-15(13)16(18-2)14-6-9-20-17(12-14)7-10-19-11-8-17/h13-16,18H,3-12H2,1-2H3. The van der Waals surface area contributed by atoms with Crippen LogP contribution in [0.15, 0.2) is 0 Å². The molecule has 3 nitrogen and oxygen atoms in total. The normalized spacial score (nSPS) is 39.0. The van der Waals surface area contributed by atoms with E-state index >= 15 is 0 Å². The van der Waals surface area contributed by atoms with Gasteiger partial charge in [-0.3, -0.25) is 0 Å². The Bertz CT molecular complexity index is 309. The smallest absolute Gasteiger partial charge is 0.0729 e. The molecule has 3 heteroatoms. The van der Waals surface area contributed by atoms with E-state index in [1.807, 2.05) is 0 Å². The van der Waals surface area contributed by atoms with Crippen LogP contribution in [0, 0.1) is 17.8 Å². The van der Waals surface area contributed by atoms with Gasteiger partial charge < -0.3 is 14.8 Å². The molecule has 0 aromatic heterocycles. The Morgan fingerprint density at radius 2 is 1.90 bits per heavy atom. The van der Waals surface area contributed by atoms with Crippen LogP contribution in [-0.4, -0.2) is 38.5 Å². The molecule has 1 saturated carbocycles. The van der Waals surface area contributed by atoms with Crippen LogP contribution in [0.1, 0.15) is 51.9 Å². The Kier molecular flexibility index (Phi) is 4.68. The quantitative estimate of drug-likeness (QED) is 0.862. The molecule has 3 aliphatic rings. The number of nitrogens with one attached hydrogen (secondary N) is 1. The van der Waals surface area contributed by atoms with E-state index in [2.05, 4.69) is 19.3 Å². The Hall–Kier alpha value is -0.120. The van der Waals surface area contributed by atoms with Crippen LogP contribution in [0.25, 0.3) is 0 Å². The summed E-state index contributed by atoms with van der Waals surface area (Å²) in [6.07, 6.45) is 8.93. The Balaban J connectivity index is 1.68. The Morgan fingerprint density at radius 3 is 2.55 bits per heavy atom. The lowest BCUT2D eigenvalue weighted by Crippen LogP contribution is -2.51. The molecule has 0 amide bonds. The van der Waals surface area contributed by atoms with Gasteiger partial charge in [-0.1, -0.05) is 19.8 Å². The first-order chi connectivity index (χ1) is 9.74. The third-order valence-corrected chi connectivity index (χ3v) is 6.17. The summed E-state index contributed by atoms with van der Waals surface area (Å²) in [5.74, 6) is 2.55. The maximum absolute atomic E-state index is 6.21. The summed E-state index contributed by atoms with van der Waals surface area (Å²) in [7, 11) is 2.17. The molecule has 0 aromatic carbocycles. The van der Waals surface area contributed by atoms with Gasteiger partial charge >= 0.3 is 0 Å². The molecule has 4 atom stereocenters. The maximum atomic E-state index is 6.21. The fourth-order valence-corrected chi connectivity index (χ4v) is 4.97. The molecule has 1 N–H and O–H groups in total. The fraction of sp³-hybridized carbons (Fsp3) is 1.00. The van der Waals surface area contributed by atoms with E-state index in [4.69, 9.17) is 9.47 Å². The van der Waals surface area contributed by atoms with Crippen LogP contribution in [0.4, 0.5) is 0 Å². The van der Waals surface area contributed by atoms with Gasteiger partial charge in [-0.05, 0) is 56.9 Å². The van der Waals surface area contributed by atoms with E-state index in [-0.39, 0.29) is 5.60 Å². The summed E-state index contributed by atoms with van der Waals surface area (Å²) < 4.78 is 11.8. The number of rotatable bonds is 3. The van der Waals surface area contributed by atoms with Gasteiger partial charge in [-0.25, -0.2) is 0 Å². The monoisotopic (exact) mass is 281 g/mol. The van der Waals surface area contributed by atoms with Gasteiger partial charge in [-0.15, -0.1) is 0 Å². The minimum Gasteiger partial charge on any atom is -0.381 e. The fourth-order valence-electron chi connectivity index (χ4n) is 4.97. The van der Waals surface area contributed by atoms with Crippen LogP contribution in [0.2, 0.25) is 0 Å². The first kappa shape index (κ1) is 14.8. The highest BCUT2D eigenvalue weighted by Gasteiger charge is 2.43. The van der Waals surface area contributed by atoms with Crippen LogP contribution in [0.5, 0.6) is 0 Å². The summed E-state index contributed by atoms with van der Waals surface area (Å²) in [6, 6.07) is 0.691. The van der Waals surface area contributed by atoms with Crippen molar-refractivity contribution in [2.45, 2.75) is 63.5 Å². The topological polar surface area (TPSA) is 30.5 Å². The summed E-state index contributed by atoms with van der Waals surface area (Å²) >= 11 is 0. The summed E-state index contributed by atoms with van der Waals surface area (Å²) in [5.41, 5.74) is 0.137. The van der Waals surface area contributed by atoms with Gasteiger partial charge in [0.05, 0.1) is 5.60 Å². The molecule has 0 aromatic rings. The lowest BCUT2D eigenvalue weighted by Gasteiger charge is -2.46. The van der Waals surface area contributed by atoms with E-state index in [0.29, 0.717) is 6.04 Å². The Labute approximate surface area is 123 Å². The molecule has 2 heterocycles. The molecule has 2 aliphatic heterocycles. The second-order valence-electron chi connectivity index (χ2n) is 7.28. The summed E-state index contributed by atoms with van der Waals surface area (Å²) in [6.45, 7) is 5.17. The number of ether oxygens (including phenoxy) is 2. The first-order valence-corrected chi connectivity index (χ1v) is 8.63. The summed E-state index contributed by atoms with van der Waals surface area (Å²) in [5, 5.41) is 3.68. The first-order valence-electron chi connectivity index (χ1n) is 8.63. The van der Waals surface area contributed by atoms with Crippen LogP contribution in [-0.2, 0) is 9.47 Å². The van der Waals surface area contributed by atoms with Crippen LogP contribution >= 0.6 is 0 Å². The lowest BCUT2D eigenvalue weighted by atomic mass is 9.73. The van der Waals surface area contributed by atoms with Crippen molar-refractivity contribution in [2.75, 3.05) is 26.9 Å². The van der Waals surface area contributed by atoms with E-state index in [1.54, 1.807) is 0 Å². The van der Waals surface area contributed by atoms with Crippen molar-refractivity contribution in [3.63, 3.8) is 0 Å². The second kappa shape index (κ2) is 6.33. The van der Waals surface area contributed by atoms with Gasteiger partial charge in [0.1, 0.15) is 0 Å². The molecule has 4 unspecified atom stereocenters. The number of hydrogen-bond donors (Lipinski definition) is 1. The maximum Gasteiger partial charge on any atom is 0.0729 e. The zero-order valence-electron chi connectivity index (χ0n) is 13.2. The van der Waals surface area contributed by atoms with Crippen molar-refractivity contribution in [1.82, 2.24) is 5.32 Å². The van der Waals surface area contributed by atoms with Gasteiger partial charge in [-0.2, -0.15) is 0 Å². The molecule has 1 aliphatic carbocycles. The SMILES string of the molecule is CNC(C1CCOC2(CCOCC2)C1)C1CCCC1C. The average Bonchev–Trinajstić information content (AvgIpc) is 2.87. The zero-order chi connectivity index (χ0) is 14.0. The van der Waals surface area contributed by atoms with Crippen molar-refractivity contribution in [1.29, 1.82) is 0 Å². The van der Waals surface area contributed by atoms with Gasteiger partial charge in [0.25, 0.3) is 0 Å². The molecule has 116 valence electrons. The molecule has 3 rings (SSSR count). The molecule has 2 saturated heterocycles. The highest BCUT2D eigenvalue weighted by molar-refractivity contribution is 4.96. The molecule has 0 radical (unpaired) electrons. The van der Waals surface area contributed by atoms with Gasteiger partial charge in [0, 0.05) is 25.9 Å². The predicted octanol–water partition coefficient (Wildman–Crippen LogP) is 2.99. The molecule has 0 bridgehead atoms. The summed E-state index contributed by atoms with van der Waals surface area (Å²) in [4.78, 5) is 0. The van der Waals surface area contributed by atoms with Crippen molar-refractivity contribution < 1.29 is 9.47 Å². The third kappa shape index (κ3) is 2.90. The van der Waals surface area contributed by atoms with E-state index in [9.17, 15) is 0 Å². The van der Waals surface area contributed by atoms with Crippen molar-refractivity contribution >= 4 is 0 Å². The molecule has 3 fully saturated rings. The second-order valence-corrected chi connectivity index (χ2v) is 7.28. The van der Waals surface area contributed by atoms with Crippen molar-refractivity contribution in [3.8, 4) is 0 Å². The van der Waals surface area contributed by atoms with Gasteiger partial charge in [0.2, 0.25) is 0 Å². The van der Waals surface area contributed by atoms with Crippen LogP contribution in [0.3, 0.4) is 0 Å². The highest BCUT2D eigenvalue weighted by Crippen LogP contribution is 2.43. The van der Waals surface area contributed by atoms with Crippen LogP contribution < -0.4 is 5.32 Å². The number of hydrogen-bond acceptors (Lipinski definition) is 3. The predicted molar refractivity (Wildman–Crippen MR) is 80.8 cm³/mol. The minimum absolute atomic E-state index is 0.137. The van der Waals surface area contributed by atoms with Gasteiger partial charge in [0.15, 0.2) is 0 Å². The zero-order valence-corrected chi connectivity index (χ0v) is 13.2. The van der Waals surface area contributed by atoms with E-state index < -0.39 is 0 Å². The van der Waals surface area contributed by atoms with Crippen molar-refractivity contribution in [2.24, 2.45) is 17.8 Å². The lowest BCUT2D eigenvalue weighted by molar-refractivity contribution is -0.152. The molecular weight excluding hydrogens is 250 g/mol. The third-order valence-electron chi connectivity index (χ3n) is 6.17. The van der Waals surface area contributed by atoms with Crippen molar-refractivity contribution in [3.05, 3.63) is 0 Å². The molecule has 1 spiro atoms. The molecular formula is C17H31NO2. The Morgan fingerprint density at radius 1 is 1.10 bits per heavy atom. The van der Waals surface area contributed by atoms with E-state index in [0.717, 1.165) is 50.4 Å².